The molecule has 0 radical (unpaired) electrons. The summed E-state index contributed by atoms with van der Waals surface area (Å²) in [5, 5.41) is 22.9. The molecule has 9 nitrogen and oxygen atoms in total. The molecule has 29 heavy (non-hydrogen) atoms. The molecule has 0 aliphatic heterocycles. The third kappa shape index (κ3) is 5.26. The first-order valence-corrected chi connectivity index (χ1v) is 11.1. The SMILES string of the molecule is CNS(=O)(=O)c1ccc(Sc2nnc(NCc3ccc(F)cc3)s2)c([N+](=O)[O-])c1. The van der Waals surface area contributed by atoms with Crippen LogP contribution in [-0.2, 0) is 16.6 Å². The molecule has 0 bridgehead atoms. The van der Waals surface area contributed by atoms with Crippen molar-refractivity contribution in [3.63, 3.8) is 0 Å². The fraction of sp³-hybridized carbons (Fsp3) is 0.125. The molecule has 2 N–H and O–H groups in total. The molecule has 3 aromatic rings. The predicted molar refractivity (Wildman–Crippen MR) is 107 cm³/mol. The molecule has 0 saturated carbocycles. The van der Waals surface area contributed by atoms with Crippen molar-refractivity contribution in [2.24, 2.45) is 0 Å². The molecule has 152 valence electrons. The van der Waals surface area contributed by atoms with Gasteiger partial charge in [-0.15, -0.1) is 10.2 Å². The van der Waals surface area contributed by atoms with Crippen molar-refractivity contribution in [1.29, 1.82) is 0 Å². The quantitative estimate of drug-likeness (QED) is 0.391. The second kappa shape index (κ2) is 8.82. The molecule has 0 fully saturated rings. The molecule has 0 aliphatic carbocycles. The van der Waals surface area contributed by atoms with Gasteiger partial charge in [0, 0.05) is 12.6 Å². The first-order valence-electron chi connectivity index (χ1n) is 8.00. The summed E-state index contributed by atoms with van der Waals surface area (Å²) in [4.78, 5) is 10.8. The highest BCUT2D eigenvalue weighted by atomic mass is 32.2. The van der Waals surface area contributed by atoms with Crippen LogP contribution >= 0.6 is 23.1 Å². The van der Waals surface area contributed by atoms with Crippen molar-refractivity contribution in [3.05, 3.63) is 64.0 Å². The number of sulfonamides is 1. The highest BCUT2D eigenvalue weighted by Gasteiger charge is 2.22. The van der Waals surface area contributed by atoms with E-state index in [0.717, 1.165) is 23.4 Å². The van der Waals surface area contributed by atoms with E-state index in [1.807, 2.05) is 0 Å². The van der Waals surface area contributed by atoms with Crippen molar-refractivity contribution in [2.45, 2.75) is 20.7 Å². The van der Waals surface area contributed by atoms with E-state index in [9.17, 15) is 22.9 Å². The van der Waals surface area contributed by atoms with Gasteiger partial charge in [-0.25, -0.2) is 17.5 Å². The Morgan fingerprint density at radius 2 is 1.93 bits per heavy atom. The van der Waals surface area contributed by atoms with Gasteiger partial charge in [0.05, 0.1) is 14.7 Å². The summed E-state index contributed by atoms with van der Waals surface area (Å²) in [6.45, 7) is 0.413. The highest BCUT2D eigenvalue weighted by molar-refractivity contribution is 8.01. The molecular weight excluding hydrogens is 441 g/mol. The van der Waals surface area contributed by atoms with E-state index in [4.69, 9.17) is 0 Å². The molecule has 0 atom stereocenters. The zero-order valence-corrected chi connectivity index (χ0v) is 17.3. The fourth-order valence-corrected chi connectivity index (χ4v) is 4.75. The average molecular weight is 456 g/mol. The van der Waals surface area contributed by atoms with Crippen LogP contribution < -0.4 is 10.0 Å². The monoisotopic (exact) mass is 455 g/mol. The van der Waals surface area contributed by atoms with Crippen molar-refractivity contribution >= 4 is 43.9 Å². The highest BCUT2D eigenvalue weighted by Crippen LogP contribution is 2.38. The molecule has 0 saturated heterocycles. The molecule has 1 aromatic heterocycles. The molecule has 13 heteroatoms. The van der Waals surface area contributed by atoms with E-state index in [2.05, 4.69) is 20.2 Å². The second-order valence-corrected chi connectivity index (χ2v) is 9.70. The lowest BCUT2D eigenvalue weighted by atomic mass is 10.2. The molecule has 2 aromatic carbocycles. The summed E-state index contributed by atoms with van der Waals surface area (Å²) >= 11 is 2.20. The Kier molecular flexibility index (Phi) is 6.42. The molecule has 0 spiro atoms. The average Bonchev–Trinajstić information content (AvgIpc) is 3.15. The summed E-state index contributed by atoms with van der Waals surface area (Å²) in [7, 11) is -2.57. The number of nitrogens with zero attached hydrogens (tertiary/aromatic N) is 3. The Labute approximate surface area is 173 Å². The maximum Gasteiger partial charge on any atom is 0.284 e. The summed E-state index contributed by atoms with van der Waals surface area (Å²) in [6.07, 6.45) is 0. The maximum atomic E-state index is 12.9. The number of hydrogen-bond donors (Lipinski definition) is 2. The number of nitro groups is 1. The van der Waals surface area contributed by atoms with E-state index >= 15 is 0 Å². The van der Waals surface area contributed by atoms with Gasteiger partial charge in [0.25, 0.3) is 5.69 Å². The van der Waals surface area contributed by atoms with Crippen molar-refractivity contribution in [2.75, 3.05) is 12.4 Å². The predicted octanol–water partition coefficient (Wildman–Crippen LogP) is 3.26. The zero-order valence-electron chi connectivity index (χ0n) is 14.8. The van der Waals surface area contributed by atoms with Crippen LogP contribution in [0.1, 0.15) is 5.56 Å². The van der Waals surface area contributed by atoms with Crippen molar-refractivity contribution in [1.82, 2.24) is 14.9 Å². The lowest BCUT2D eigenvalue weighted by Crippen LogP contribution is -2.18. The van der Waals surface area contributed by atoms with E-state index in [0.29, 0.717) is 16.0 Å². The number of anilines is 1. The summed E-state index contributed by atoms with van der Waals surface area (Å²) in [6, 6.07) is 9.65. The lowest BCUT2D eigenvalue weighted by Gasteiger charge is -2.05. The third-order valence-corrected chi connectivity index (χ3v) is 7.08. The summed E-state index contributed by atoms with van der Waals surface area (Å²) in [5.41, 5.74) is 0.509. The van der Waals surface area contributed by atoms with Gasteiger partial charge in [-0.05, 0) is 48.6 Å². The van der Waals surface area contributed by atoms with Crippen LogP contribution in [-0.4, -0.2) is 30.6 Å². The molecule has 0 amide bonds. The fourth-order valence-electron chi connectivity index (χ4n) is 2.21. The molecule has 3 rings (SSSR count). The summed E-state index contributed by atoms with van der Waals surface area (Å²) < 4.78 is 39.2. The van der Waals surface area contributed by atoms with E-state index in [1.165, 1.54) is 42.6 Å². The first kappa shape index (κ1) is 21.1. The standard InChI is InChI=1S/C16H14FN5O4S3/c1-18-29(25,26)12-6-7-14(13(8-12)22(23)24)27-16-21-20-15(28-16)19-9-10-2-4-11(17)5-3-10/h2-8,18H,9H2,1H3,(H,19,20). The van der Waals surface area contributed by atoms with Gasteiger partial charge in [0.15, 0.2) is 4.34 Å². The molecule has 0 unspecified atom stereocenters. The van der Waals surface area contributed by atoms with Crippen LogP contribution in [0.4, 0.5) is 15.2 Å². The van der Waals surface area contributed by atoms with Gasteiger partial charge in [0.2, 0.25) is 15.2 Å². The Morgan fingerprint density at radius 1 is 1.21 bits per heavy atom. The molecular formula is C16H14FN5O4S3. The number of rotatable bonds is 8. The van der Waals surface area contributed by atoms with Crippen molar-refractivity contribution in [3.8, 4) is 0 Å². The van der Waals surface area contributed by atoms with Gasteiger partial charge in [0.1, 0.15) is 5.82 Å². The third-order valence-electron chi connectivity index (χ3n) is 3.67. The van der Waals surface area contributed by atoms with E-state index in [-0.39, 0.29) is 21.3 Å². The van der Waals surface area contributed by atoms with Crippen LogP contribution in [0.3, 0.4) is 0 Å². The minimum Gasteiger partial charge on any atom is -0.356 e. The van der Waals surface area contributed by atoms with Crippen LogP contribution in [0.25, 0.3) is 0 Å². The Morgan fingerprint density at radius 3 is 2.59 bits per heavy atom. The Bertz CT molecular complexity index is 1140. The van der Waals surface area contributed by atoms with Gasteiger partial charge in [-0.2, -0.15) is 0 Å². The molecule has 0 aliphatic rings. The minimum atomic E-state index is -3.80. The van der Waals surface area contributed by atoms with Crippen LogP contribution in [0, 0.1) is 15.9 Å². The van der Waals surface area contributed by atoms with Gasteiger partial charge in [-0.3, -0.25) is 10.1 Å². The Hall–Kier alpha value is -2.61. The van der Waals surface area contributed by atoms with E-state index < -0.39 is 14.9 Å². The lowest BCUT2D eigenvalue weighted by molar-refractivity contribution is -0.388. The number of nitrogens with one attached hydrogen (secondary N) is 2. The number of halogens is 1. The zero-order chi connectivity index (χ0) is 21.0. The number of hydrogen-bond acceptors (Lipinski definition) is 9. The van der Waals surface area contributed by atoms with Crippen LogP contribution in [0.2, 0.25) is 0 Å². The second-order valence-electron chi connectivity index (χ2n) is 5.55. The summed E-state index contributed by atoms with van der Waals surface area (Å²) in [5.74, 6) is -0.321. The van der Waals surface area contributed by atoms with Crippen molar-refractivity contribution < 1.29 is 17.7 Å². The number of nitro benzene ring substituents is 1. The maximum absolute atomic E-state index is 12.9. The largest absolute Gasteiger partial charge is 0.356 e. The van der Waals surface area contributed by atoms with Gasteiger partial charge < -0.3 is 5.32 Å². The molecule has 1 heterocycles. The smallest absolute Gasteiger partial charge is 0.284 e. The first-order chi connectivity index (χ1) is 13.8. The Balaban J connectivity index is 1.74. The minimum absolute atomic E-state index is 0.199. The van der Waals surface area contributed by atoms with E-state index in [1.54, 1.807) is 12.1 Å². The normalized spacial score (nSPS) is 11.4. The number of aromatic nitrogens is 2. The van der Waals surface area contributed by atoms with Gasteiger partial charge >= 0.3 is 0 Å². The van der Waals surface area contributed by atoms with Gasteiger partial charge in [-0.1, -0.05) is 23.5 Å². The topological polar surface area (TPSA) is 127 Å². The van der Waals surface area contributed by atoms with Crippen LogP contribution in [0.15, 0.2) is 56.6 Å². The van der Waals surface area contributed by atoms with Crippen LogP contribution in [0.5, 0.6) is 0 Å². The number of benzene rings is 2.